The maximum atomic E-state index is 9.68. The third kappa shape index (κ3) is 4.98. The molecule has 0 saturated carbocycles. The van der Waals surface area contributed by atoms with Crippen LogP contribution in [0.2, 0.25) is 0 Å². The first-order valence-electron chi connectivity index (χ1n) is 4.82. The van der Waals surface area contributed by atoms with Gasteiger partial charge in [-0.15, -0.1) is 11.3 Å². The molecule has 0 saturated heterocycles. The summed E-state index contributed by atoms with van der Waals surface area (Å²) >= 11 is 3.43. The molecule has 0 fully saturated rings. The van der Waals surface area contributed by atoms with Crippen LogP contribution in [0.3, 0.4) is 0 Å². The molecule has 1 aromatic rings. The third-order valence-electron chi connectivity index (χ3n) is 1.66. The smallest absolute Gasteiger partial charge is 0.0950 e. The van der Waals surface area contributed by atoms with Gasteiger partial charge < -0.3 is 5.11 Å². The van der Waals surface area contributed by atoms with Crippen LogP contribution in [-0.4, -0.2) is 27.7 Å². The topological polar surface area (TPSA) is 33.1 Å². The number of nitrogens with zero attached hydrogens (tertiary/aromatic N) is 1. The highest BCUT2D eigenvalue weighted by Gasteiger charge is 2.07. The van der Waals surface area contributed by atoms with E-state index in [1.165, 1.54) is 0 Å². The molecule has 0 bridgehead atoms. The number of aromatic nitrogens is 1. The van der Waals surface area contributed by atoms with Gasteiger partial charge in [-0.05, 0) is 11.7 Å². The van der Waals surface area contributed by atoms with Crippen LogP contribution in [-0.2, 0) is 6.42 Å². The van der Waals surface area contributed by atoms with E-state index in [1.807, 2.05) is 17.1 Å². The molecule has 0 aliphatic rings. The molecule has 1 unspecified atom stereocenters. The number of thiazole rings is 1. The summed E-state index contributed by atoms with van der Waals surface area (Å²) in [7, 11) is 0. The second-order valence-electron chi connectivity index (χ2n) is 3.72. The van der Waals surface area contributed by atoms with Crippen molar-refractivity contribution in [2.45, 2.75) is 26.4 Å². The molecule has 14 heavy (non-hydrogen) atoms. The Balaban J connectivity index is 2.13. The molecular weight excluding hydrogens is 214 g/mol. The van der Waals surface area contributed by atoms with E-state index in [-0.39, 0.29) is 6.10 Å². The van der Waals surface area contributed by atoms with Crippen LogP contribution < -0.4 is 0 Å². The maximum absolute atomic E-state index is 9.68. The van der Waals surface area contributed by atoms with Crippen molar-refractivity contribution in [2.24, 2.45) is 5.92 Å². The molecule has 0 spiro atoms. The largest absolute Gasteiger partial charge is 0.392 e. The van der Waals surface area contributed by atoms with Gasteiger partial charge in [-0.3, -0.25) is 0 Å². The highest BCUT2D eigenvalue weighted by atomic mass is 32.2. The molecule has 0 radical (unpaired) electrons. The summed E-state index contributed by atoms with van der Waals surface area (Å²) in [5.41, 5.74) is 0. The average Bonchev–Trinajstić information content (AvgIpc) is 2.56. The summed E-state index contributed by atoms with van der Waals surface area (Å²) < 4.78 is 0. The van der Waals surface area contributed by atoms with Crippen LogP contribution in [0, 0.1) is 5.92 Å². The molecule has 1 atom stereocenters. The van der Waals surface area contributed by atoms with Gasteiger partial charge in [-0.25, -0.2) is 4.98 Å². The average molecular weight is 231 g/mol. The number of rotatable bonds is 6. The summed E-state index contributed by atoms with van der Waals surface area (Å²) in [6, 6.07) is 0. The highest BCUT2D eigenvalue weighted by molar-refractivity contribution is 7.99. The van der Waals surface area contributed by atoms with Crippen molar-refractivity contribution in [3.05, 3.63) is 16.6 Å². The molecule has 1 N–H and O–H groups in total. The van der Waals surface area contributed by atoms with E-state index in [4.69, 9.17) is 0 Å². The van der Waals surface area contributed by atoms with E-state index in [1.54, 1.807) is 17.5 Å². The van der Waals surface area contributed by atoms with Crippen molar-refractivity contribution < 1.29 is 5.11 Å². The minimum absolute atomic E-state index is 0.245. The van der Waals surface area contributed by atoms with Gasteiger partial charge in [0.25, 0.3) is 0 Å². The number of hydrogen-bond acceptors (Lipinski definition) is 4. The van der Waals surface area contributed by atoms with Gasteiger partial charge in [-0.2, -0.15) is 11.8 Å². The van der Waals surface area contributed by atoms with E-state index < -0.39 is 0 Å². The zero-order valence-electron chi connectivity index (χ0n) is 8.64. The first-order chi connectivity index (χ1) is 6.68. The fourth-order valence-electron chi connectivity index (χ4n) is 1.05. The van der Waals surface area contributed by atoms with E-state index in [0.717, 1.165) is 16.5 Å². The first-order valence-corrected chi connectivity index (χ1v) is 6.86. The van der Waals surface area contributed by atoms with Gasteiger partial charge >= 0.3 is 0 Å². The van der Waals surface area contributed by atoms with Gasteiger partial charge in [0.05, 0.1) is 11.1 Å². The molecule has 0 aliphatic heterocycles. The maximum Gasteiger partial charge on any atom is 0.0950 e. The van der Waals surface area contributed by atoms with Crippen molar-refractivity contribution in [3.63, 3.8) is 0 Å². The zero-order chi connectivity index (χ0) is 10.4. The lowest BCUT2D eigenvalue weighted by atomic mass is 10.3. The normalized spacial score (nSPS) is 13.4. The Hall–Kier alpha value is -0.0600. The Morgan fingerprint density at radius 2 is 2.29 bits per heavy atom. The van der Waals surface area contributed by atoms with Crippen LogP contribution in [0.25, 0.3) is 0 Å². The van der Waals surface area contributed by atoms with Crippen LogP contribution >= 0.6 is 23.1 Å². The lowest BCUT2D eigenvalue weighted by Crippen LogP contribution is -2.14. The number of thioether (sulfide) groups is 1. The molecule has 0 aromatic carbocycles. The van der Waals surface area contributed by atoms with Gasteiger partial charge in [0, 0.05) is 23.8 Å². The molecule has 0 amide bonds. The second kappa shape index (κ2) is 6.43. The van der Waals surface area contributed by atoms with Gasteiger partial charge in [0.1, 0.15) is 0 Å². The van der Waals surface area contributed by atoms with Crippen LogP contribution in [0.5, 0.6) is 0 Å². The minimum Gasteiger partial charge on any atom is -0.392 e. The molecule has 1 rings (SSSR count). The SMILES string of the molecule is CC(C)CSCC(O)Cc1nccs1. The van der Waals surface area contributed by atoms with Crippen molar-refractivity contribution in [3.8, 4) is 0 Å². The quantitative estimate of drug-likeness (QED) is 0.816. The Bertz CT molecular complexity index is 236. The third-order valence-corrected chi connectivity index (χ3v) is 3.98. The summed E-state index contributed by atoms with van der Waals surface area (Å²) in [5, 5.41) is 12.7. The first kappa shape index (κ1) is 12.0. The standard InChI is InChI=1S/C10H17NOS2/c1-8(2)6-13-7-9(12)5-10-11-3-4-14-10/h3-4,8-9,12H,5-7H2,1-2H3. The second-order valence-corrected chi connectivity index (χ2v) is 5.77. The van der Waals surface area contributed by atoms with Crippen molar-refractivity contribution >= 4 is 23.1 Å². The Morgan fingerprint density at radius 3 is 2.86 bits per heavy atom. The lowest BCUT2D eigenvalue weighted by molar-refractivity contribution is 0.200. The predicted molar refractivity (Wildman–Crippen MR) is 64.0 cm³/mol. The van der Waals surface area contributed by atoms with E-state index in [0.29, 0.717) is 12.3 Å². The summed E-state index contributed by atoms with van der Waals surface area (Å²) in [6.45, 7) is 4.39. The lowest BCUT2D eigenvalue weighted by Gasteiger charge is -2.09. The Labute approximate surface area is 93.8 Å². The fraction of sp³-hybridized carbons (Fsp3) is 0.700. The van der Waals surface area contributed by atoms with Gasteiger partial charge in [0.15, 0.2) is 0 Å². The fourth-order valence-corrected chi connectivity index (χ4v) is 2.74. The molecule has 80 valence electrons. The van der Waals surface area contributed by atoms with E-state index in [9.17, 15) is 5.11 Å². The minimum atomic E-state index is -0.245. The van der Waals surface area contributed by atoms with Crippen molar-refractivity contribution in [1.82, 2.24) is 4.98 Å². The van der Waals surface area contributed by atoms with Crippen LogP contribution in [0.1, 0.15) is 18.9 Å². The van der Waals surface area contributed by atoms with E-state index in [2.05, 4.69) is 18.8 Å². The zero-order valence-corrected chi connectivity index (χ0v) is 10.3. The molecular formula is C10H17NOS2. The van der Waals surface area contributed by atoms with Crippen LogP contribution in [0.15, 0.2) is 11.6 Å². The van der Waals surface area contributed by atoms with E-state index >= 15 is 0 Å². The molecule has 0 aliphatic carbocycles. The Morgan fingerprint density at radius 1 is 1.50 bits per heavy atom. The van der Waals surface area contributed by atoms with Crippen LogP contribution in [0.4, 0.5) is 0 Å². The number of aliphatic hydroxyl groups excluding tert-OH is 1. The number of hydrogen-bond donors (Lipinski definition) is 1. The molecule has 1 heterocycles. The van der Waals surface area contributed by atoms with Gasteiger partial charge in [0.2, 0.25) is 0 Å². The predicted octanol–water partition coefficient (Wildman–Crippen LogP) is 2.44. The number of aliphatic hydroxyl groups is 1. The Kier molecular flexibility index (Phi) is 5.52. The van der Waals surface area contributed by atoms with Crippen molar-refractivity contribution in [1.29, 1.82) is 0 Å². The monoisotopic (exact) mass is 231 g/mol. The summed E-state index contributed by atoms with van der Waals surface area (Å²) in [6.07, 6.45) is 2.24. The molecule has 4 heteroatoms. The highest BCUT2D eigenvalue weighted by Crippen LogP contribution is 2.13. The summed E-state index contributed by atoms with van der Waals surface area (Å²) in [4.78, 5) is 4.15. The summed E-state index contributed by atoms with van der Waals surface area (Å²) in [5.74, 6) is 2.64. The molecule has 2 nitrogen and oxygen atoms in total. The molecule has 1 aromatic heterocycles. The van der Waals surface area contributed by atoms with Gasteiger partial charge in [-0.1, -0.05) is 13.8 Å². The van der Waals surface area contributed by atoms with Crippen molar-refractivity contribution in [2.75, 3.05) is 11.5 Å².